The van der Waals surface area contributed by atoms with Gasteiger partial charge in [-0.1, -0.05) is 18.1 Å². The van der Waals surface area contributed by atoms with Gasteiger partial charge in [0.2, 0.25) is 0 Å². The lowest BCUT2D eigenvalue weighted by molar-refractivity contribution is 0.481. The molecule has 0 aliphatic carbocycles. The SMILES string of the molecule is Cn1c(C#Cc2ccc(NCCCF)cc2)nc2ccccc21. The van der Waals surface area contributed by atoms with E-state index in [2.05, 4.69) is 22.1 Å². The lowest BCUT2D eigenvalue weighted by atomic mass is 10.2. The van der Waals surface area contributed by atoms with Crippen molar-refractivity contribution in [3.8, 4) is 11.8 Å². The highest BCUT2D eigenvalue weighted by molar-refractivity contribution is 5.76. The number of hydrogen-bond acceptors (Lipinski definition) is 2. The van der Waals surface area contributed by atoms with Gasteiger partial charge in [0, 0.05) is 24.8 Å². The maximum Gasteiger partial charge on any atom is 0.186 e. The zero-order valence-electron chi connectivity index (χ0n) is 13.0. The van der Waals surface area contributed by atoms with E-state index in [1.54, 1.807) is 0 Å². The Hall–Kier alpha value is -2.80. The quantitative estimate of drug-likeness (QED) is 0.588. The predicted octanol–water partition coefficient (Wildman–Crippen LogP) is 3.74. The fourth-order valence-corrected chi connectivity index (χ4v) is 2.36. The van der Waals surface area contributed by atoms with Crippen LogP contribution in [0.25, 0.3) is 11.0 Å². The van der Waals surface area contributed by atoms with E-state index in [1.807, 2.05) is 60.1 Å². The number of rotatable bonds is 4. The van der Waals surface area contributed by atoms with Gasteiger partial charge in [0.1, 0.15) is 0 Å². The third kappa shape index (κ3) is 3.51. The van der Waals surface area contributed by atoms with Gasteiger partial charge < -0.3 is 9.88 Å². The largest absolute Gasteiger partial charge is 0.385 e. The van der Waals surface area contributed by atoms with Crippen LogP contribution in [-0.4, -0.2) is 22.8 Å². The molecule has 0 radical (unpaired) electrons. The Morgan fingerprint density at radius 3 is 2.61 bits per heavy atom. The molecule has 1 heterocycles. The number of anilines is 1. The average Bonchev–Trinajstić information content (AvgIpc) is 2.91. The summed E-state index contributed by atoms with van der Waals surface area (Å²) < 4.78 is 14.1. The van der Waals surface area contributed by atoms with Crippen molar-refractivity contribution in [2.75, 3.05) is 18.5 Å². The van der Waals surface area contributed by atoms with Gasteiger partial charge in [-0.3, -0.25) is 4.39 Å². The molecular formula is C19H18FN3. The van der Waals surface area contributed by atoms with Crippen LogP contribution in [0.1, 0.15) is 17.8 Å². The summed E-state index contributed by atoms with van der Waals surface area (Å²) in [5.41, 5.74) is 3.93. The molecule has 1 N–H and O–H groups in total. The predicted molar refractivity (Wildman–Crippen MR) is 92.2 cm³/mol. The molecule has 3 rings (SSSR count). The number of halogens is 1. The first-order valence-corrected chi connectivity index (χ1v) is 7.61. The summed E-state index contributed by atoms with van der Waals surface area (Å²) in [5.74, 6) is 7.01. The Balaban J connectivity index is 1.76. The molecule has 0 amide bonds. The summed E-state index contributed by atoms with van der Waals surface area (Å²) in [7, 11) is 1.97. The molecule has 0 aliphatic heterocycles. The lowest BCUT2D eigenvalue weighted by Crippen LogP contribution is -2.01. The number of aryl methyl sites for hydroxylation is 1. The molecule has 1 aromatic heterocycles. The van der Waals surface area contributed by atoms with Crippen LogP contribution in [0.2, 0.25) is 0 Å². The number of alkyl halides is 1. The van der Waals surface area contributed by atoms with Gasteiger partial charge in [-0.15, -0.1) is 0 Å². The van der Waals surface area contributed by atoms with E-state index in [1.165, 1.54) is 0 Å². The topological polar surface area (TPSA) is 29.9 Å². The molecule has 0 bridgehead atoms. The number of hydrogen-bond donors (Lipinski definition) is 1. The van der Waals surface area contributed by atoms with E-state index in [4.69, 9.17) is 0 Å². The summed E-state index contributed by atoms with van der Waals surface area (Å²) in [6, 6.07) is 15.8. The monoisotopic (exact) mass is 307 g/mol. The highest BCUT2D eigenvalue weighted by Gasteiger charge is 2.03. The van der Waals surface area contributed by atoms with E-state index in [0.29, 0.717) is 13.0 Å². The third-order valence-electron chi connectivity index (χ3n) is 3.63. The maximum absolute atomic E-state index is 12.1. The Kier molecular flexibility index (Phi) is 4.58. The second-order valence-electron chi connectivity index (χ2n) is 5.28. The Labute approximate surface area is 135 Å². The Bertz CT molecular complexity index is 854. The van der Waals surface area contributed by atoms with Gasteiger partial charge in [0.05, 0.1) is 17.7 Å². The number of aromatic nitrogens is 2. The van der Waals surface area contributed by atoms with Crippen molar-refractivity contribution in [3.63, 3.8) is 0 Å². The van der Waals surface area contributed by atoms with Crippen LogP contribution in [0.3, 0.4) is 0 Å². The summed E-state index contributed by atoms with van der Waals surface area (Å²) in [4.78, 5) is 4.54. The van der Waals surface area contributed by atoms with E-state index in [0.717, 1.165) is 28.1 Å². The number of imidazole rings is 1. The first-order valence-electron chi connectivity index (χ1n) is 7.61. The van der Waals surface area contributed by atoms with Crippen molar-refractivity contribution >= 4 is 16.7 Å². The average molecular weight is 307 g/mol. The van der Waals surface area contributed by atoms with E-state index >= 15 is 0 Å². The van der Waals surface area contributed by atoms with Crippen LogP contribution in [0.4, 0.5) is 10.1 Å². The molecule has 4 heteroatoms. The number of nitrogens with zero attached hydrogens (tertiary/aromatic N) is 2. The van der Waals surface area contributed by atoms with Gasteiger partial charge in [-0.05, 0) is 48.7 Å². The van der Waals surface area contributed by atoms with Crippen LogP contribution < -0.4 is 5.32 Å². The number of benzene rings is 2. The van der Waals surface area contributed by atoms with Crippen molar-refractivity contribution in [1.82, 2.24) is 9.55 Å². The molecule has 0 unspecified atom stereocenters. The number of fused-ring (bicyclic) bond motifs is 1. The lowest BCUT2D eigenvalue weighted by Gasteiger charge is -2.04. The zero-order chi connectivity index (χ0) is 16.1. The minimum atomic E-state index is -0.297. The number of para-hydroxylation sites is 2. The second kappa shape index (κ2) is 6.97. The summed E-state index contributed by atoms with van der Waals surface area (Å²) in [6.07, 6.45) is 0.522. The second-order valence-corrected chi connectivity index (χ2v) is 5.28. The van der Waals surface area contributed by atoms with E-state index in [9.17, 15) is 4.39 Å². The third-order valence-corrected chi connectivity index (χ3v) is 3.63. The molecule has 0 atom stereocenters. The minimum absolute atomic E-state index is 0.297. The van der Waals surface area contributed by atoms with Crippen molar-refractivity contribution in [2.24, 2.45) is 7.05 Å². The van der Waals surface area contributed by atoms with Crippen LogP contribution in [-0.2, 0) is 7.05 Å². The van der Waals surface area contributed by atoms with Crippen molar-refractivity contribution in [2.45, 2.75) is 6.42 Å². The van der Waals surface area contributed by atoms with Gasteiger partial charge in [-0.2, -0.15) is 0 Å². The molecule has 23 heavy (non-hydrogen) atoms. The molecule has 116 valence electrons. The summed E-state index contributed by atoms with van der Waals surface area (Å²) in [5, 5.41) is 3.17. The highest BCUT2D eigenvalue weighted by Crippen LogP contribution is 2.14. The van der Waals surface area contributed by atoms with Crippen molar-refractivity contribution < 1.29 is 4.39 Å². The summed E-state index contributed by atoms with van der Waals surface area (Å²) in [6.45, 7) is 0.343. The Morgan fingerprint density at radius 2 is 1.87 bits per heavy atom. The molecular weight excluding hydrogens is 289 g/mol. The van der Waals surface area contributed by atoms with Gasteiger partial charge in [0.25, 0.3) is 0 Å². The fourth-order valence-electron chi connectivity index (χ4n) is 2.36. The highest BCUT2D eigenvalue weighted by atomic mass is 19.1. The van der Waals surface area contributed by atoms with Crippen LogP contribution >= 0.6 is 0 Å². The van der Waals surface area contributed by atoms with Gasteiger partial charge in [-0.25, -0.2) is 4.98 Å². The molecule has 3 aromatic rings. The van der Waals surface area contributed by atoms with Gasteiger partial charge >= 0.3 is 0 Å². The molecule has 0 fully saturated rings. The van der Waals surface area contributed by atoms with E-state index in [-0.39, 0.29) is 6.67 Å². The normalized spacial score (nSPS) is 10.3. The van der Waals surface area contributed by atoms with Crippen molar-refractivity contribution in [3.05, 3.63) is 59.9 Å². The van der Waals surface area contributed by atoms with Crippen LogP contribution in [0.15, 0.2) is 48.5 Å². The minimum Gasteiger partial charge on any atom is -0.385 e. The maximum atomic E-state index is 12.1. The standard InChI is InChI=1S/C19H18FN3/c1-23-18-6-3-2-5-17(18)22-19(23)12-9-15-7-10-16(11-8-15)21-14-4-13-20/h2-3,5-8,10-11,21H,4,13-14H2,1H3. The van der Waals surface area contributed by atoms with Crippen molar-refractivity contribution in [1.29, 1.82) is 0 Å². The molecule has 3 nitrogen and oxygen atoms in total. The van der Waals surface area contributed by atoms with E-state index < -0.39 is 0 Å². The Morgan fingerprint density at radius 1 is 1.09 bits per heavy atom. The first-order chi connectivity index (χ1) is 11.3. The zero-order valence-corrected chi connectivity index (χ0v) is 13.0. The first kappa shape index (κ1) is 15.1. The molecule has 0 aliphatic rings. The molecule has 0 saturated carbocycles. The fraction of sp³-hybridized carbons (Fsp3) is 0.211. The molecule has 2 aromatic carbocycles. The summed E-state index contributed by atoms with van der Waals surface area (Å²) >= 11 is 0. The molecule has 0 spiro atoms. The molecule has 0 saturated heterocycles. The smallest absolute Gasteiger partial charge is 0.186 e. The number of nitrogens with one attached hydrogen (secondary N) is 1. The van der Waals surface area contributed by atoms with Crippen LogP contribution in [0, 0.1) is 11.8 Å². The van der Waals surface area contributed by atoms with Crippen LogP contribution in [0.5, 0.6) is 0 Å². The van der Waals surface area contributed by atoms with Gasteiger partial charge in [0.15, 0.2) is 5.82 Å².